The summed E-state index contributed by atoms with van der Waals surface area (Å²) in [4.78, 5) is 13.3. The van der Waals surface area contributed by atoms with E-state index in [-0.39, 0.29) is 24.3 Å². The van der Waals surface area contributed by atoms with Gasteiger partial charge < -0.3 is 20.5 Å². The molecule has 0 spiro atoms. The minimum atomic E-state index is -4.80. The number of aliphatic hydroxyl groups is 1. The molecule has 7 nitrogen and oxygen atoms in total. The third-order valence-electron chi connectivity index (χ3n) is 4.51. The molecule has 11 heteroatoms. The van der Waals surface area contributed by atoms with Gasteiger partial charge in [-0.2, -0.15) is 4.98 Å². The summed E-state index contributed by atoms with van der Waals surface area (Å²) in [5.74, 6) is 0.279. The Balaban J connectivity index is 1.70. The summed E-state index contributed by atoms with van der Waals surface area (Å²) in [6.45, 7) is 3.54. The van der Waals surface area contributed by atoms with Crippen molar-refractivity contribution in [2.24, 2.45) is 0 Å². The van der Waals surface area contributed by atoms with Crippen LogP contribution in [0.3, 0.4) is 0 Å². The number of aryl methyl sites for hydroxylation is 1. The zero-order valence-corrected chi connectivity index (χ0v) is 18.5. The van der Waals surface area contributed by atoms with Crippen LogP contribution in [-0.2, 0) is 0 Å². The van der Waals surface area contributed by atoms with Crippen LogP contribution >= 0.6 is 11.3 Å². The van der Waals surface area contributed by atoms with Crippen LogP contribution in [-0.4, -0.2) is 39.1 Å². The molecule has 0 radical (unpaired) electrons. The molecule has 2 aromatic heterocycles. The van der Waals surface area contributed by atoms with E-state index >= 15 is 0 Å². The SMILES string of the molecule is Cc1nc2cc(Nc3cc(-c4cccc(OC(F)(F)F)c4)nc(N[C@@H](C)CO)n3)ccc2s1. The molecule has 172 valence electrons. The molecule has 0 aliphatic rings. The summed E-state index contributed by atoms with van der Waals surface area (Å²) >= 11 is 1.59. The van der Waals surface area contributed by atoms with Crippen LogP contribution in [0.2, 0.25) is 0 Å². The Bertz CT molecular complexity index is 1280. The van der Waals surface area contributed by atoms with Crippen molar-refractivity contribution in [3.63, 3.8) is 0 Å². The Kier molecular flexibility index (Phi) is 6.34. The van der Waals surface area contributed by atoms with Crippen molar-refractivity contribution >= 4 is 39.0 Å². The van der Waals surface area contributed by atoms with Gasteiger partial charge in [-0.1, -0.05) is 12.1 Å². The number of hydrogen-bond donors (Lipinski definition) is 3. The number of ether oxygens (including phenoxy) is 1. The summed E-state index contributed by atoms with van der Waals surface area (Å²) < 4.78 is 43.0. The summed E-state index contributed by atoms with van der Waals surface area (Å²) in [7, 11) is 0. The Morgan fingerprint density at radius 3 is 2.67 bits per heavy atom. The largest absolute Gasteiger partial charge is 0.573 e. The third kappa shape index (κ3) is 5.88. The van der Waals surface area contributed by atoms with E-state index in [1.54, 1.807) is 30.4 Å². The zero-order valence-electron chi connectivity index (χ0n) is 17.6. The molecule has 4 aromatic rings. The Morgan fingerprint density at radius 2 is 1.91 bits per heavy atom. The van der Waals surface area contributed by atoms with Crippen LogP contribution < -0.4 is 15.4 Å². The van der Waals surface area contributed by atoms with Crippen molar-refractivity contribution in [3.05, 3.63) is 53.5 Å². The molecule has 0 fully saturated rings. The molecule has 0 saturated heterocycles. The highest BCUT2D eigenvalue weighted by Crippen LogP contribution is 2.30. The number of alkyl halides is 3. The van der Waals surface area contributed by atoms with Gasteiger partial charge in [0.15, 0.2) is 0 Å². The van der Waals surface area contributed by atoms with Gasteiger partial charge >= 0.3 is 6.36 Å². The summed E-state index contributed by atoms with van der Waals surface area (Å²) in [5, 5.41) is 16.5. The molecule has 2 heterocycles. The number of anilines is 3. The number of rotatable bonds is 7. The number of nitrogens with one attached hydrogen (secondary N) is 2. The molecule has 0 amide bonds. The van der Waals surface area contributed by atoms with Gasteiger partial charge in [0.2, 0.25) is 5.95 Å². The Hall–Kier alpha value is -3.44. The molecule has 4 rings (SSSR count). The van der Waals surface area contributed by atoms with Gasteiger partial charge in [0.25, 0.3) is 0 Å². The van der Waals surface area contributed by atoms with Gasteiger partial charge in [-0.3, -0.25) is 0 Å². The van der Waals surface area contributed by atoms with Crippen LogP contribution in [0.25, 0.3) is 21.5 Å². The molecule has 2 aromatic carbocycles. The predicted octanol–water partition coefficient (Wildman–Crippen LogP) is 5.50. The fourth-order valence-electron chi connectivity index (χ4n) is 3.11. The second kappa shape index (κ2) is 9.20. The van der Waals surface area contributed by atoms with E-state index in [0.717, 1.165) is 20.9 Å². The molecule has 0 saturated carbocycles. The lowest BCUT2D eigenvalue weighted by Crippen LogP contribution is -2.21. The number of aliphatic hydroxyl groups excluding tert-OH is 1. The maximum Gasteiger partial charge on any atom is 0.573 e. The maximum absolute atomic E-state index is 12.6. The minimum absolute atomic E-state index is 0.148. The van der Waals surface area contributed by atoms with E-state index < -0.39 is 6.36 Å². The number of nitrogens with zero attached hydrogens (tertiary/aromatic N) is 3. The molecular formula is C22H20F3N5O2S. The van der Waals surface area contributed by atoms with Crippen LogP contribution in [0.1, 0.15) is 11.9 Å². The standard InChI is InChI=1S/C22H20F3N5O2S/c1-12(11-31)26-21-29-17(14-4-3-5-16(8-14)32-22(23,24)25)10-20(30-21)28-15-6-7-19-18(9-15)27-13(2)33-19/h3-10,12,31H,11H2,1-2H3,(H2,26,28,29,30)/t12-/m0/s1. The zero-order chi connectivity index (χ0) is 23.6. The van der Waals surface area contributed by atoms with E-state index in [4.69, 9.17) is 0 Å². The first-order chi connectivity index (χ1) is 15.7. The summed E-state index contributed by atoms with van der Waals surface area (Å²) in [6.07, 6.45) is -4.80. The summed E-state index contributed by atoms with van der Waals surface area (Å²) in [5.41, 5.74) is 2.37. The average molecular weight is 475 g/mol. The Labute approximate surface area is 191 Å². The molecular weight excluding hydrogens is 455 g/mol. The topological polar surface area (TPSA) is 92.2 Å². The van der Waals surface area contributed by atoms with Crippen molar-refractivity contribution in [1.29, 1.82) is 0 Å². The van der Waals surface area contributed by atoms with Gasteiger partial charge in [-0.15, -0.1) is 24.5 Å². The highest BCUT2D eigenvalue weighted by Gasteiger charge is 2.31. The average Bonchev–Trinajstić information content (AvgIpc) is 3.11. The molecule has 0 bridgehead atoms. The van der Waals surface area contributed by atoms with E-state index in [2.05, 4.69) is 30.3 Å². The molecule has 3 N–H and O–H groups in total. The second-order valence-corrected chi connectivity index (χ2v) is 8.54. The normalized spacial score (nSPS) is 12.5. The van der Waals surface area contributed by atoms with E-state index in [0.29, 0.717) is 17.1 Å². The first-order valence-electron chi connectivity index (χ1n) is 9.95. The lowest BCUT2D eigenvalue weighted by atomic mass is 10.1. The van der Waals surface area contributed by atoms with Crippen molar-refractivity contribution in [3.8, 4) is 17.0 Å². The fourth-order valence-corrected chi connectivity index (χ4v) is 3.92. The molecule has 33 heavy (non-hydrogen) atoms. The first kappa shape index (κ1) is 22.7. The van der Waals surface area contributed by atoms with Gasteiger partial charge in [0, 0.05) is 23.4 Å². The number of aromatic nitrogens is 3. The van der Waals surface area contributed by atoms with Crippen molar-refractivity contribution in [2.75, 3.05) is 17.2 Å². The number of halogens is 3. The molecule has 0 unspecified atom stereocenters. The number of thiazole rings is 1. The van der Waals surface area contributed by atoms with Gasteiger partial charge in [0.1, 0.15) is 11.6 Å². The number of hydrogen-bond acceptors (Lipinski definition) is 8. The summed E-state index contributed by atoms with van der Waals surface area (Å²) in [6, 6.07) is 12.6. The maximum atomic E-state index is 12.6. The lowest BCUT2D eigenvalue weighted by molar-refractivity contribution is -0.274. The lowest BCUT2D eigenvalue weighted by Gasteiger charge is -2.15. The van der Waals surface area contributed by atoms with Crippen molar-refractivity contribution < 1.29 is 23.0 Å². The third-order valence-corrected chi connectivity index (χ3v) is 5.46. The van der Waals surface area contributed by atoms with E-state index in [1.165, 1.54) is 18.2 Å². The van der Waals surface area contributed by atoms with Crippen LogP contribution in [0.4, 0.5) is 30.6 Å². The van der Waals surface area contributed by atoms with Gasteiger partial charge in [0.05, 0.1) is 27.5 Å². The monoisotopic (exact) mass is 475 g/mol. The van der Waals surface area contributed by atoms with Crippen LogP contribution in [0, 0.1) is 6.92 Å². The van der Waals surface area contributed by atoms with Crippen molar-refractivity contribution in [1.82, 2.24) is 15.0 Å². The molecule has 1 atom stereocenters. The fraction of sp³-hybridized carbons (Fsp3) is 0.227. The van der Waals surface area contributed by atoms with Crippen molar-refractivity contribution in [2.45, 2.75) is 26.3 Å². The van der Waals surface area contributed by atoms with Gasteiger partial charge in [-0.05, 0) is 44.2 Å². The number of benzene rings is 2. The second-order valence-electron chi connectivity index (χ2n) is 7.31. The van der Waals surface area contributed by atoms with E-state index in [1.807, 2.05) is 25.1 Å². The smallest absolute Gasteiger partial charge is 0.406 e. The molecule has 0 aliphatic heterocycles. The van der Waals surface area contributed by atoms with Gasteiger partial charge in [-0.25, -0.2) is 9.97 Å². The van der Waals surface area contributed by atoms with E-state index in [9.17, 15) is 18.3 Å². The first-order valence-corrected chi connectivity index (χ1v) is 10.8. The molecule has 0 aliphatic carbocycles. The quantitative estimate of drug-likeness (QED) is 0.325. The highest BCUT2D eigenvalue weighted by atomic mass is 32.1. The van der Waals surface area contributed by atoms with Crippen LogP contribution in [0.15, 0.2) is 48.5 Å². The van der Waals surface area contributed by atoms with Crippen LogP contribution in [0.5, 0.6) is 5.75 Å². The minimum Gasteiger partial charge on any atom is -0.406 e. The Morgan fingerprint density at radius 1 is 1.09 bits per heavy atom. The predicted molar refractivity (Wildman–Crippen MR) is 122 cm³/mol. The number of fused-ring (bicyclic) bond motifs is 1. The highest BCUT2D eigenvalue weighted by molar-refractivity contribution is 7.18.